The van der Waals surface area contributed by atoms with Crippen LogP contribution in [0.4, 0.5) is 10.5 Å². The summed E-state index contributed by atoms with van der Waals surface area (Å²) in [5, 5.41) is 13.3. The van der Waals surface area contributed by atoms with Gasteiger partial charge in [-0.1, -0.05) is 6.08 Å². The summed E-state index contributed by atoms with van der Waals surface area (Å²) < 4.78 is 12.0. The molecule has 1 saturated heterocycles. The van der Waals surface area contributed by atoms with Gasteiger partial charge in [-0.25, -0.2) is 4.79 Å². The molecule has 1 aliphatic rings. The number of hydrogen-bond donors (Lipinski definition) is 1. The van der Waals surface area contributed by atoms with E-state index in [1.807, 2.05) is 0 Å². The molecule has 2 aromatic rings. The number of urea groups is 1. The average molecular weight is 535 g/mol. The number of nitrogens with one attached hydrogen (secondary N) is 1. The van der Waals surface area contributed by atoms with Gasteiger partial charge in [0.05, 0.1) is 15.6 Å². The number of carbonyl (C=O) groups excluding carboxylic acids is 2. The first kappa shape index (κ1) is 22.3. The summed E-state index contributed by atoms with van der Waals surface area (Å²) in [7, 11) is 1.50. The fourth-order valence-corrected chi connectivity index (χ4v) is 3.65. The van der Waals surface area contributed by atoms with Crippen LogP contribution in [0.15, 0.2) is 54.8 Å². The minimum atomic E-state index is -0.499. The van der Waals surface area contributed by atoms with Crippen LogP contribution in [-0.4, -0.2) is 35.4 Å². The van der Waals surface area contributed by atoms with Gasteiger partial charge in [-0.2, -0.15) is 0 Å². The third kappa shape index (κ3) is 5.02. The van der Waals surface area contributed by atoms with Crippen LogP contribution in [0.2, 0.25) is 0 Å². The van der Waals surface area contributed by atoms with Gasteiger partial charge in [0.15, 0.2) is 11.5 Å². The molecule has 0 saturated carbocycles. The van der Waals surface area contributed by atoms with Gasteiger partial charge in [-0.15, -0.1) is 6.58 Å². The van der Waals surface area contributed by atoms with Crippen LogP contribution in [0, 0.1) is 13.7 Å². The lowest BCUT2D eigenvalue weighted by molar-refractivity contribution is -0.384. The zero-order chi connectivity index (χ0) is 22.5. The first-order chi connectivity index (χ1) is 14.8. The molecule has 1 N–H and O–H groups in total. The van der Waals surface area contributed by atoms with E-state index in [1.54, 1.807) is 30.3 Å². The van der Waals surface area contributed by atoms with Gasteiger partial charge in [-0.05, 0) is 64.1 Å². The van der Waals surface area contributed by atoms with E-state index < -0.39 is 16.9 Å². The van der Waals surface area contributed by atoms with E-state index in [9.17, 15) is 19.7 Å². The fraction of sp³-hybridized carbons (Fsp3) is 0.143. The van der Waals surface area contributed by atoms with Gasteiger partial charge in [0.25, 0.3) is 11.6 Å². The van der Waals surface area contributed by atoms with Crippen molar-refractivity contribution in [1.29, 1.82) is 0 Å². The number of non-ortho nitro benzene ring substituents is 1. The fourth-order valence-electron chi connectivity index (χ4n) is 2.87. The summed E-state index contributed by atoms with van der Waals surface area (Å²) in [5.41, 5.74) is 1.57. The van der Waals surface area contributed by atoms with Gasteiger partial charge >= 0.3 is 6.03 Å². The number of nitrogens with zero attached hydrogens (tertiary/aromatic N) is 2. The number of benzene rings is 2. The van der Waals surface area contributed by atoms with Crippen LogP contribution < -0.4 is 14.8 Å². The van der Waals surface area contributed by atoms with Crippen molar-refractivity contribution in [2.45, 2.75) is 6.61 Å². The molecule has 2 aromatic carbocycles. The average Bonchev–Trinajstić information content (AvgIpc) is 3.00. The number of nitro groups is 1. The van der Waals surface area contributed by atoms with Crippen molar-refractivity contribution in [3.05, 3.63) is 79.6 Å². The maximum atomic E-state index is 12.4. The summed E-state index contributed by atoms with van der Waals surface area (Å²) in [6.45, 7) is 3.86. The van der Waals surface area contributed by atoms with Gasteiger partial charge in [0, 0.05) is 18.7 Å². The molecule has 1 heterocycles. The number of ether oxygens (including phenoxy) is 2. The highest BCUT2D eigenvalue weighted by Gasteiger charge is 2.32. The first-order valence-corrected chi connectivity index (χ1v) is 10.1. The maximum absolute atomic E-state index is 12.4. The molecule has 3 rings (SSSR count). The van der Waals surface area contributed by atoms with Crippen molar-refractivity contribution in [3.63, 3.8) is 0 Å². The topological polar surface area (TPSA) is 111 Å². The van der Waals surface area contributed by atoms with Crippen molar-refractivity contribution in [2.24, 2.45) is 0 Å². The first-order valence-electron chi connectivity index (χ1n) is 9.03. The van der Waals surface area contributed by atoms with Crippen molar-refractivity contribution in [2.75, 3.05) is 13.7 Å². The van der Waals surface area contributed by atoms with E-state index in [2.05, 4.69) is 34.5 Å². The Kier molecular flexibility index (Phi) is 6.90. The number of amides is 3. The number of methoxy groups -OCH3 is 1. The molecule has 0 spiro atoms. The second kappa shape index (κ2) is 9.60. The van der Waals surface area contributed by atoms with E-state index in [0.29, 0.717) is 17.1 Å². The normalized spacial score (nSPS) is 14.5. The minimum Gasteiger partial charge on any atom is -0.493 e. The number of carbonyl (C=O) groups is 2. The van der Waals surface area contributed by atoms with E-state index >= 15 is 0 Å². The lowest BCUT2D eigenvalue weighted by Crippen LogP contribution is -2.30. The summed E-state index contributed by atoms with van der Waals surface area (Å²) in [6.07, 6.45) is 3.04. The van der Waals surface area contributed by atoms with E-state index in [1.165, 1.54) is 25.3 Å². The molecule has 10 heteroatoms. The molecular formula is C21H18IN3O6. The van der Waals surface area contributed by atoms with Crippen molar-refractivity contribution in [3.8, 4) is 11.5 Å². The predicted molar refractivity (Wildman–Crippen MR) is 122 cm³/mol. The molecule has 1 aliphatic heterocycles. The Labute approximate surface area is 191 Å². The van der Waals surface area contributed by atoms with Crippen LogP contribution >= 0.6 is 22.6 Å². The van der Waals surface area contributed by atoms with Crippen LogP contribution in [0.25, 0.3) is 6.08 Å². The standard InChI is InChI=1S/C21H18IN3O6/c1-3-8-24-20(26)17(23-21(24)27)10-14-9-16(22)19(18(11-14)30-2)31-12-13-4-6-15(7-5-13)25(28)29/h3-7,9-11H,1,8,12H2,2H3,(H,23,27)/b17-10+. The smallest absolute Gasteiger partial charge is 0.329 e. The van der Waals surface area contributed by atoms with Crippen molar-refractivity contribution < 1.29 is 24.0 Å². The van der Waals surface area contributed by atoms with Crippen LogP contribution in [-0.2, 0) is 11.4 Å². The Morgan fingerprint density at radius 1 is 1.26 bits per heavy atom. The molecular weight excluding hydrogens is 517 g/mol. The number of rotatable bonds is 8. The molecule has 31 heavy (non-hydrogen) atoms. The predicted octanol–water partition coefficient (Wildman–Crippen LogP) is 3.87. The van der Waals surface area contributed by atoms with Crippen LogP contribution in [0.5, 0.6) is 11.5 Å². The third-order valence-corrected chi connectivity index (χ3v) is 5.17. The van der Waals surface area contributed by atoms with Crippen LogP contribution in [0.3, 0.4) is 0 Å². The Hall–Kier alpha value is -3.41. The molecule has 0 radical (unpaired) electrons. The molecule has 3 amide bonds. The lowest BCUT2D eigenvalue weighted by Gasteiger charge is -2.14. The summed E-state index contributed by atoms with van der Waals surface area (Å²) in [4.78, 5) is 35.7. The van der Waals surface area contributed by atoms with Crippen LogP contribution in [0.1, 0.15) is 11.1 Å². The highest BCUT2D eigenvalue weighted by atomic mass is 127. The lowest BCUT2D eigenvalue weighted by atomic mass is 10.1. The number of nitro benzene ring substituents is 1. The minimum absolute atomic E-state index is 0.00788. The number of hydrogen-bond acceptors (Lipinski definition) is 6. The van der Waals surface area contributed by atoms with Gasteiger partial charge < -0.3 is 14.8 Å². The van der Waals surface area contributed by atoms with Gasteiger partial charge in [-0.3, -0.25) is 19.8 Å². The van der Waals surface area contributed by atoms with E-state index in [-0.39, 0.29) is 24.5 Å². The molecule has 0 unspecified atom stereocenters. The number of imide groups is 1. The summed E-state index contributed by atoms with van der Waals surface area (Å²) in [6, 6.07) is 9.06. The highest BCUT2D eigenvalue weighted by Crippen LogP contribution is 2.35. The zero-order valence-corrected chi connectivity index (χ0v) is 18.6. The molecule has 0 aromatic heterocycles. The number of halogens is 1. The second-order valence-corrected chi connectivity index (χ2v) is 7.60. The van der Waals surface area contributed by atoms with E-state index in [0.717, 1.165) is 14.0 Å². The molecule has 0 bridgehead atoms. The molecule has 1 fully saturated rings. The highest BCUT2D eigenvalue weighted by molar-refractivity contribution is 14.1. The quantitative estimate of drug-likeness (QED) is 0.137. The Morgan fingerprint density at radius 2 is 1.97 bits per heavy atom. The van der Waals surface area contributed by atoms with Gasteiger partial charge in [0.2, 0.25) is 0 Å². The molecule has 0 aliphatic carbocycles. The second-order valence-electron chi connectivity index (χ2n) is 6.44. The summed E-state index contributed by atoms with van der Waals surface area (Å²) >= 11 is 2.09. The Balaban J connectivity index is 1.80. The van der Waals surface area contributed by atoms with E-state index in [4.69, 9.17) is 9.47 Å². The molecule has 0 atom stereocenters. The Morgan fingerprint density at radius 3 is 2.58 bits per heavy atom. The monoisotopic (exact) mass is 535 g/mol. The largest absolute Gasteiger partial charge is 0.493 e. The summed E-state index contributed by atoms with van der Waals surface area (Å²) in [5.74, 6) is 0.511. The maximum Gasteiger partial charge on any atom is 0.329 e. The van der Waals surface area contributed by atoms with Gasteiger partial charge in [0.1, 0.15) is 12.3 Å². The van der Waals surface area contributed by atoms with Crippen molar-refractivity contribution >= 4 is 46.3 Å². The molecule has 9 nitrogen and oxygen atoms in total. The molecule has 160 valence electrons. The SMILES string of the molecule is C=CCN1C(=O)N/C(=C/c2cc(I)c(OCc3ccc([N+](=O)[O-])cc3)c(OC)c2)C1=O. The van der Waals surface area contributed by atoms with Crippen molar-refractivity contribution in [1.82, 2.24) is 10.2 Å². The third-order valence-electron chi connectivity index (χ3n) is 4.37. The Bertz CT molecular complexity index is 1080. The zero-order valence-electron chi connectivity index (χ0n) is 16.5.